The third-order valence-electron chi connectivity index (χ3n) is 4.25. The van der Waals surface area contributed by atoms with E-state index in [0.29, 0.717) is 5.56 Å². The van der Waals surface area contributed by atoms with Gasteiger partial charge in [0.25, 0.3) is 5.91 Å². The Hall–Kier alpha value is -3.34. The first kappa shape index (κ1) is 21.0. The van der Waals surface area contributed by atoms with Gasteiger partial charge in [0.1, 0.15) is 5.75 Å². The van der Waals surface area contributed by atoms with Gasteiger partial charge in [-0.05, 0) is 46.5 Å². The van der Waals surface area contributed by atoms with Gasteiger partial charge in [-0.2, -0.15) is 4.99 Å². The van der Waals surface area contributed by atoms with Crippen LogP contribution in [0.3, 0.4) is 0 Å². The monoisotopic (exact) mass is 377 g/mol. The molecule has 0 unspecified atom stereocenters. The molecule has 5 N–H and O–H groups in total. The highest BCUT2D eigenvalue weighted by Crippen LogP contribution is 2.35. The second-order valence-electron chi connectivity index (χ2n) is 6.18. The summed E-state index contributed by atoms with van der Waals surface area (Å²) >= 11 is 0. The summed E-state index contributed by atoms with van der Waals surface area (Å²) in [7, 11) is 0. The van der Waals surface area contributed by atoms with E-state index in [1.54, 1.807) is 18.2 Å². The number of phenolic OH excluding ortho intramolecular Hbond substituents is 1. The molecule has 0 aliphatic heterocycles. The van der Waals surface area contributed by atoms with Crippen molar-refractivity contribution in [2.24, 2.45) is 16.5 Å². The molecule has 0 spiro atoms. The van der Waals surface area contributed by atoms with E-state index in [-0.39, 0.29) is 11.7 Å². The number of rotatable bonds is 4. The molecule has 0 radical (unpaired) electrons. The van der Waals surface area contributed by atoms with Gasteiger partial charge in [0.15, 0.2) is 5.96 Å². The Bertz CT molecular complexity index is 1010. The number of nitrogens with zero attached hydrogens (tertiary/aromatic N) is 1. The van der Waals surface area contributed by atoms with Crippen LogP contribution < -0.4 is 11.5 Å². The maximum absolute atomic E-state index is 12.1. The SMILES string of the molecule is CC.CCCc1ccc(-c2cccc3ccc(C(=O)N=C(N)N)cc23)c(O)c1. The lowest BCUT2D eigenvalue weighted by Gasteiger charge is -2.11. The molecule has 0 atom stereocenters. The van der Waals surface area contributed by atoms with Crippen LogP contribution in [-0.2, 0) is 6.42 Å². The first-order valence-corrected chi connectivity index (χ1v) is 9.48. The summed E-state index contributed by atoms with van der Waals surface area (Å²) in [6.45, 7) is 6.10. The molecule has 1 amide bonds. The minimum absolute atomic E-state index is 0.226. The van der Waals surface area contributed by atoms with Gasteiger partial charge in [0, 0.05) is 11.1 Å². The van der Waals surface area contributed by atoms with Gasteiger partial charge in [-0.3, -0.25) is 4.79 Å². The maximum Gasteiger partial charge on any atom is 0.280 e. The lowest BCUT2D eigenvalue weighted by atomic mass is 9.95. The second-order valence-corrected chi connectivity index (χ2v) is 6.18. The Kier molecular flexibility index (Phi) is 7.15. The van der Waals surface area contributed by atoms with Gasteiger partial charge < -0.3 is 16.6 Å². The molecule has 0 saturated heterocycles. The van der Waals surface area contributed by atoms with Gasteiger partial charge in [0.05, 0.1) is 0 Å². The van der Waals surface area contributed by atoms with Crippen LogP contribution in [0.2, 0.25) is 0 Å². The Balaban J connectivity index is 0.00000136. The van der Waals surface area contributed by atoms with Crippen molar-refractivity contribution in [3.05, 3.63) is 65.7 Å². The molecule has 0 aromatic heterocycles. The largest absolute Gasteiger partial charge is 0.507 e. The number of hydrogen-bond acceptors (Lipinski definition) is 2. The van der Waals surface area contributed by atoms with E-state index in [1.807, 2.05) is 50.2 Å². The molecule has 146 valence electrons. The number of benzene rings is 3. The average molecular weight is 377 g/mol. The van der Waals surface area contributed by atoms with Crippen LogP contribution in [0.25, 0.3) is 21.9 Å². The third kappa shape index (κ3) is 4.68. The van der Waals surface area contributed by atoms with Crippen LogP contribution in [0.15, 0.2) is 59.6 Å². The predicted octanol–water partition coefficient (Wildman–Crippen LogP) is 4.60. The number of carbonyl (C=O) groups excluding carboxylic acids is 1. The summed E-state index contributed by atoms with van der Waals surface area (Å²) in [6, 6.07) is 16.8. The van der Waals surface area contributed by atoms with E-state index in [0.717, 1.165) is 40.3 Å². The van der Waals surface area contributed by atoms with Crippen molar-refractivity contribution in [2.75, 3.05) is 0 Å². The van der Waals surface area contributed by atoms with E-state index >= 15 is 0 Å². The number of aromatic hydroxyl groups is 1. The zero-order valence-electron chi connectivity index (χ0n) is 16.6. The van der Waals surface area contributed by atoms with Crippen molar-refractivity contribution < 1.29 is 9.90 Å². The number of carbonyl (C=O) groups is 1. The fourth-order valence-corrected chi connectivity index (χ4v) is 3.07. The molecule has 0 saturated carbocycles. The summed E-state index contributed by atoms with van der Waals surface area (Å²) in [6.07, 6.45) is 1.93. The summed E-state index contributed by atoms with van der Waals surface area (Å²) in [5, 5.41) is 12.3. The normalized spacial score (nSPS) is 10.1. The van der Waals surface area contributed by atoms with E-state index in [9.17, 15) is 9.90 Å². The summed E-state index contributed by atoms with van der Waals surface area (Å²) in [5.41, 5.74) is 13.7. The summed E-state index contributed by atoms with van der Waals surface area (Å²) < 4.78 is 0. The number of amides is 1. The maximum atomic E-state index is 12.1. The number of aryl methyl sites for hydroxylation is 1. The number of phenols is 1. The van der Waals surface area contributed by atoms with Gasteiger partial charge in [-0.15, -0.1) is 0 Å². The third-order valence-corrected chi connectivity index (χ3v) is 4.25. The van der Waals surface area contributed by atoms with E-state index < -0.39 is 5.91 Å². The molecule has 28 heavy (non-hydrogen) atoms. The second kappa shape index (κ2) is 9.55. The minimum atomic E-state index is -0.496. The zero-order chi connectivity index (χ0) is 20.7. The van der Waals surface area contributed by atoms with Crippen molar-refractivity contribution in [3.8, 4) is 16.9 Å². The highest BCUT2D eigenvalue weighted by molar-refractivity contribution is 6.06. The zero-order valence-corrected chi connectivity index (χ0v) is 16.6. The van der Waals surface area contributed by atoms with Crippen molar-refractivity contribution in [1.29, 1.82) is 0 Å². The van der Waals surface area contributed by atoms with Crippen LogP contribution in [0, 0.1) is 0 Å². The fourth-order valence-electron chi connectivity index (χ4n) is 3.07. The summed E-state index contributed by atoms with van der Waals surface area (Å²) in [5.74, 6) is -0.541. The molecule has 5 nitrogen and oxygen atoms in total. The van der Waals surface area contributed by atoms with Crippen LogP contribution in [-0.4, -0.2) is 17.0 Å². The van der Waals surface area contributed by atoms with E-state index in [2.05, 4.69) is 11.9 Å². The Morgan fingerprint density at radius 2 is 1.75 bits per heavy atom. The Morgan fingerprint density at radius 1 is 1.00 bits per heavy atom. The standard InChI is InChI=1S/C21H21N3O2.C2H6/c1-2-4-13-7-10-17(19(25)11-13)16-6-3-5-14-8-9-15(12-18(14)16)20(26)24-21(22)23;1-2/h3,5-12,25H,2,4H2,1H3,(H4,22,23,24,26);1-2H3. The predicted molar refractivity (Wildman–Crippen MR) is 117 cm³/mol. The number of hydrogen-bond donors (Lipinski definition) is 3. The van der Waals surface area contributed by atoms with Crippen molar-refractivity contribution in [2.45, 2.75) is 33.6 Å². The first-order valence-electron chi connectivity index (χ1n) is 9.48. The van der Waals surface area contributed by atoms with Crippen LogP contribution in [0.5, 0.6) is 5.75 Å². The van der Waals surface area contributed by atoms with Crippen LogP contribution in [0.1, 0.15) is 43.1 Å². The van der Waals surface area contributed by atoms with Crippen molar-refractivity contribution in [1.82, 2.24) is 0 Å². The molecule has 0 aliphatic rings. The molecule has 0 fully saturated rings. The van der Waals surface area contributed by atoms with Gasteiger partial charge in [-0.1, -0.05) is 63.6 Å². The molecule has 0 aliphatic carbocycles. The van der Waals surface area contributed by atoms with Gasteiger partial charge >= 0.3 is 0 Å². The fraction of sp³-hybridized carbons (Fsp3) is 0.217. The quantitative estimate of drug-likeness (QED) is 0.456. The highest BCUT2D eigenvalue weighted by atomic mass is 16.3. The number of nitrogens with two attached hydrogens (primary N) is 2. The Morgan fingerprint density at radius 3 is 2.39 bits per heavy atom. The summed E-state index contributed by atoms with van der Waals surface area (Å²) in [4.78, 5) is 15.7. The number of aliphatic imine (C=N–C) groups is 1. The average Bonchev–Trinajstić information content (AvgIpc) is 2.69. The van der Waals surface area contributed by atoms with Crippen molar-refractivity contribution in [3.63, 3.8) is 0 Å². The molecular formula is C23H27N3O2. The lowest BCUT2D eigenvalue weighted by Crippen LogP contribution is -2.24. The molecule has 3 rings (SSSR count). The van der Waals surface area contributed by atoms with Crippen LogP contribution in [0.4, 0.5) is 0 Å². The highest BCUT2D eigenvalue weighted by Gasteiger charge is 2.12. The van der Waals surface area contributed by atoms with E-state index in [1.165, 1.54) is 0 Å². The lowest BCUT2D eigenvalue weighted by molar-refractivity contribution is 0.100. The molecule has 0 heterocycles. The molecular weight excluding hydrogens is 350 g/mol. The number of fused-ring (bicyclic) bond motifs is 1. The molecule has 0 bridgehead atoms. The van der Waals surface area contributed by atoms with Gasteiger partial charge in [-0.25, -0.2) is 0 Å². The first-order chi connectivity index (χ1) is 13.5. The topological polar surface area (TPSA) is 102 Å². The minimum Gasteiger partial charge on any atom is -0.507 e. The smallest absolute Gasteiger partial charge is 0.280 e. The molecule has 3 aromatic rings. The molecule has 3 aromatic carbocycles. The molecule has 5 heteroatoms. The van der Waals surface area contributed by atoms with Crippen molar-refractivity contribution >= 4 is 22.6 Å². The number of guanidine groups is 1. The van der Waals surface area contributed by atoms with E-state index in [4.69, 9.17) is 11.5 Å². The Labute approximate surface area is 165 Å². The van der Waals surface area contributed by atoms with Crippen LogP contribution >= 0.6 is 0 Å². The van der Waals surface area contributed by atoms with Gasteiger partial charge in [0.2, 0.25) is 0 Å².